The number of ether oxygens (including phenoxy) is 1. The Bertz CT molecular complexity index is 1460. The number of hydrogen-bond donors (Lipinski definition) is 1. The molecule has 1 amide bonds. The standard InChI is InChI=1S/C26H23ClN6O2/c1-2-6-23(34)32-14-5-7-18(16-32)24-20-11-13-30-26(28)33(20)25(31-24)17-9-10-21(19(27)15-17)35-22-8-3-4-12-29-22/h3-4,8-13,15,18H,5,7,14,16H2,1H3,(H2,28,30). The predicted octanol–water partition coefficient (Wildman–Crippen LogP) is 4.55. The van der Waals surface area contributed by atoms with E-state index in [0.29, 0.717) is 41.5 Å². The minimum Gasteiger partial charge on any atom is -0.437 e. The second-order valence-electron chi connectivity index (χ2n) is 8.22. The summed E-state index contributed by atoms with van der Waals surface area (Å²) in [6.07, 6.45) is 5.11. The first-order valence-corrected chi connectivity index (χ1v) is 11.7. The first-order chi connectivity index (χ1) is 17.0. The molecule has 2 N–H and O–H groups in total. The van der Waals surface area contributed by atoms with Crippen molar-refractivity contribution in [2.24, 2.45) is 0 Å². The summed E-state index contributed by atoms with van der Waals surface area (Å²) in [5.74, 6) is 7.13. The molecule has 8 nitrogen and oxygen atoms in total. The van der Waals surface area contributed by atoms with Gasteiger partial charge in [0.15, 0.2) is 0 Å². The summed E-state index contributed by atoms with van der Waals surface area (Å²) in [7, 11) is 0. The number of pyridine rings is 1. The van der Waals surface area contributed by atoms with Crippen LogP contribution in [0.1, 0.15) is 31.4 Å². The molecule has 1 fully saturated rings. The van der Waals surface area contributed by atoms with E-state index >= 15 is 0 Å². The number of benzene rings is 1. The number of likely N-dealkylation sites (tertiary alicyclic amines) is 1. The fourth-order valence-corrected chi connectivity index (χ4v) is 4.61. The molecule has 1 saturated heterocycles. The topological polar surface area (TPSA) is 98.6 Å². The number of carbonyl (C=O) groups is 1. The van der Waals surface area contributed by atoms with E-state index in [4.69, 9.17) is 27.1 Å². The lowest BCUT2D eigenvalue weighted by atomic mass is 9.94. The number of carbonyl (C=O) groups excluding carboxylic acids is 1. The fourth-order valence-electron chi connectivity index (χ4n) is 4.39. The van der Waals surface area contributed by atoms with Crippen molar-refractivity contribution in [3.63, 3.8) is 0 Å². The Kier molecular flexibility index (Phi) is 6.25. The van der Waals surface area contributed by atoms with E-state index in [0.717, 1.165) is 29.6 Å². The van der Waals surface area contributed by atoms with E-state index in [1.807, 2.05) is 28.7 Å². The predicted molar refractivity (Wildman–Crippen MR) is 134 cm³/mol. The third-order valence-electron chi connectivity index (χ3n) is 5.98. The Morgan fingerprint density at radius 3 is 2.86 bits per heavy atom. The summed E-state index contributed by atoms with van der Waals surface area (Å²) >= 11 is 6.57. The van der Waals surface area contributed by atoms with E-state index < -0.39 is 0 Å². The second kappa shape index (κ2) is 9.65. The van der Waals surface area contributed by atoms with Crippen LogP contribution in [0.3, 0.4) is 0 Å². The summed E-state index contributed by atoms with van der Waals surface area (Å²) in [6, 6.07) is 12.8. The maximum absolute atomic E-state index is 12.4. The number of halogens is 1. The first kappa shape index (κ1) is 22.7. The van der Waals surface area contributed by atoms with Gasteiger partial charge in [-0.3, -0.25) is 9.20 Å². The molecule has 4 aromatic rings. The van der Waals surface area contributed by atoms with Gasteiger partial charge in [0.2, 0.25) is 11.8 Å². The number of piperidine rings is 1. The highest BCUT2D eigenvalue weighted by Crippen LogP contribution is 2.36. The Morgan fingerprint density at radius 1 is 1.20 bits per heavy atom. The maximum Gasteiger partial charge on any atom is 0.298 e. The molecular formula is C26H23ClN6O2. The number of aromatic nitrogens is 4. The number of anilines is 1. The highest BCUT2D eigenvalue weighted by atomic mass is 35.5. The third-order valence-corrected chi connectivity index (χ3v) is 6.27. The number of amides is 1. The quantitative estimate of drug-likeness (QED) is 0.425. The smallest absolute Gasteiger partial charge is 0.298 e. The van der Waals surface area contributed by atoms with Gasteiger partial charge >= 0.3 is 0 Å². The average Bonchev–Trinajstić information content (AvgIpc) is 3.27. The molecule has 3 aromatic heterocycles. The largest absolute Gasteiger partial charge is 0.437 e. The normalized spacial score (nSPS) is 15.5. The lowest BCUT2D eigenvalue weighted by Crippen LogP contribution is -2.38. The van der Waals surface area contributed by atoms with Gasteiger partial charge in [-0.1, -0.05) is 23.6 Å². The van der Waals surface area contributed by atoms with Gasteiger partial charge in [-0.2, -0.15) is 0 Å². The molecule has 1 aliphatic heterocycles. The molecule has 0 aliphatic carbocycles. The van der Waals surface area contributed by atoms with E-state index in [9.17, 15) is 4.79 Å². The number of nitrogens with zero attached hydrogens (tertiary/aromatic N) is 5. The summed E-state index contributed by atoms with van der Waals surface area (Å²) in [6.45, 7) is 2.92. The van der Waals surface area contributed by atoms with Crippen LogP contribution >= 0.6 is 11.6 Å². The maximum atomic E-state index is 12.4. The Balaban J connectivity index is 1.52. The van der Waals surface area contributed by atoms with Crippen molar-refractivity contribution in [2.75, 3.05) is 18.8 Å². The van der Waals surface area contributed by atoms with Gasteiger partial charge in [-0.15, -0.1) is 0 Å². The van der Waals surface area contributed by atoms with Gasteiger partial charge in [-0.05, 0) is 56.0 Å². The van der Waals surface area contributed by atoms with Crippen molar-refractivity contribution < 1.29 is 9.53 Å². The number of nitrogens with two attached hydrogens (primary N) is 1. The highest BCUT2D eigenvalue weighted by Gasteiger charge is 2.29. The number of imidazole rings is 1. The van der Waals surface area contributed by atoms with Gasteiger partial charge in [0.25, 0.3) is 5.91 Å². The molecule has 35 heavy (non-hydrogen) atoms. The summed E-state index contributed by atoms with van der Waals surface area (Å²) < 4.78 is 7.64. The summed E-state index contributed by atoms with van der Waals surface area (Å²) in [4.78, 5) is 27.6. The van der Waals surface area contributed by atoms with Gasteiger partial charge in [0.1, 0.15) is 11.6 Å². The van der Waals surface area contributed by atoms with Crippen LogP contribution in [-0.4, -0.2) is 43.2 Å². The Morgan fingerprint density at radius 2 is 2.09 bits per heavy atom. The lowest BCUT2D eigenvalue weighted by molar-refractivity contribution is -0.126. The molecule has 0 radical (unpaired) electrons. The van der Waals surface area contributed by atoms with E-state index in [2.05, 4.69) is 21.8 Å². The molecular weight excluding hydrogens is 464 g/mol. The monoisotopic (exact) mass is 486 g/mol. The van der Waals surface area contributed by atoms with E-state index in [-0.39, 0.29) is 11.8 Å². The minimum atomic E-state index is -0.155. The molecule has 0 spiro atoms. The molecule has 9 heteroatoms. The van der Waals surface area contributed by atoms with E-state index in [1.165, 1.54) is 0 Å². The molecule has 1 aliphatic rings. The SMILES string of the molecule is CC#CC(=O)N1CCCC(c2nc(-c3ccc(Oc4ccccn4)c(Cl)c3)n3c(N)nccc23)C1. The van der Waals surface area contributed by atoms with Crippen molar-refractivity contribution in [1.82, 2.24) is 24.3 Å². The molecule has 1 atom stereocenters. The van der Waals surface area contributed by atoms with Crippen molar-refractivity contribution in [3.8, 4) is 34.9 Å². The van der Waals surface area contributed by atoms with Gasteiger partial charge in [0.05, 0.1) is 16.2 Å². The first-order valence-electron chi connectivity index (χ1n) is 11.3. The zero-order valence-corrected chi connectivity index (χ0v) is 19.9. The number of rotatable bonds is 4. The van der Waals surface area contributed by atoms with Crippen LogP contribution in [-0.2, 0) is 4.79 Å². The number of fused-ring (bicyclic) bond motifs is 1. The number of hydrogen-bond acceptors (Lipinski definition) is 6. The number of nitrogen functional groups attached to an aromatic ring is 1. The molecule has 176 valence electrons. The molecule has 1 aromatic carbocycles. The van der Waals surface area contributed by atoms with Crippen molar-refractivity contribution in [2.45, 2.75) is 25.7 Å². The molecule has 4 heterocycles. The Hall–Kier alpha value is -4.09. The molecule has 1 unspecified atom stereocenters. The van der Waals surface area contributed by atoms with Crippen LogP contribution < -0.4 is 10.5 Å². The molecule has 5 rings (SSSR count). The van der Waals surface area contributed by atoms with Crippen LogP contribution in [0.25, 0.3) is 16.9 Å². The van der Waals surface area contributed by atoms with Crippen LogP contribution in [0.4, 0.5) is 5.95 Å². The van der Waals surface area contributed by atoms with E-state index in [1.54, 1.807) is 42.4 Å². The van der Waals surface area contributed by atoms with Crippen LogP contribution in [0, 0.1) is 11.8 Å². The van der Waals surface area contributed by atoms with Crippen molar-refractivity contribution >= 4 is 29.0 Å². The Labute approximate surface area is 207 Å². The van der Waals surface area contributed by atoms with Gasteiger partial charge in [-0.25, -0.2) is 15.0 Å². The van der Waals surface area contributed by atoms with Crippen molar-refractivity contribution in [1.29, 1.82) is 0 Å². The second-order valence-corrected chi connectivity index (χ2v) is 8.63. The lowest BCUT2D eigenvalue weighted by Gasteiger charge is -2.30. The zero-order valence-electron chi connectivity index (χ0n) is 19.1. The van der Waals surface area contributed by atoms with Crippen LogP contribution in [0.15, 0.2) is 54.9 Å². The third kappa shape index (κ3) is 4.51. The van der Waals surface area contributed by atoms with Gasteiger partial charge < -0.3 is 15.4 Å². The van der Waals surface area contributed by atoms with Crippen molar-refractivity contribution in [3.05, 3.63) is 65.6 Å². The van der Waals surface area contributed by atoms with Crippen LogP contribution in [0.2, 0.25) is 5.02 Å². The van der Waals surface area contributed by atoms with Crippen LogP contribution in [0.5, 0.6) is 11.6 Å². The molecule has 0 bridgehead atoms. The fraction of sp³-hybridized carbons (Fsp3) is 0.231. The summed E-state index contributed by atoms with van der Waals surface area (Å²) in [5.41, 5.74) is 8.79. The minimum absolute atomic E-state index is 0.0548. The van der Waals surface area contributed by atoms with Gasteiger partial charge in [0, 0.05) is 43.0 Å². The highest BCUT2D eigenvalue weighted by molar-refractivity contribution is 6.32. The summed E-state index contributed by atoms with van der Waals surface area (Å²) in [5, 5.41) is 0.418. The molecule has 0 saturated carbocycles. The average molecular weight is 487 g/mol. The zero-order chi connectivity index (χ0) is 24.4.